The summed E-state index contributed by atoms with van der Waals surface area (Å²) in [6.45, 7) is 4.45. The first-order valence-electron chi connectivity index (χ1n) is 6.48. The molecule has 0 atom stereocenters. The first-order valence-corrected chi connectivity index (χ1v) is 6.48. The highest BCUT2D eigenvalue weighted by Gasteiger charge is 2.22. The summed E-state index contributed by atoms with van der Waals surface area (Å²) in [6, 6.07) is 0. The highest BCUT2D eigenvalue weighted by Crippen LogP contribution is 2.27. The number of nitrogens with zero attached hydrogens (tertiary/aromatic N) is 2. The molecule has 19 heavy (non-hydrogen) atoms. The third kappa shape index (κ3) is 3.56. The number of aryl methyl sites for hydroxylation is 1. The van der Waals surface area contributed by atoms with Crippen molar-refractivity contribution in [2.45, 2.75) is 39.7 Å². The van der Waals surface area contributed by atoms with E-state index in [9.17, 15) is 9.59 Å². The van der Waals surface area contributed by atoms with Crippen LogP contribution in [-0.2, 0) is 22.6 Å². The Morgan fingerprint density at radius 1 is 1.42 bits per heavy atom. The van der Waals surface area contributed by atoms with Crippen molar-refractivity contribution < 1.29 is 14.7 Å². The fourth-order valence-corrected chi connectivity index (χ4v) is 2.07. The van der Waals surface area contributed by atoms with Crippen molar-refractivity contribution in [1.29, 1.82) is 0 Å². The zero-order chi connectivity index (χ0) is 14.0. The number of aliphatic carboxylic acids is 1. The maximum atomic E-state index is 11.8. The van der Waals surface area contributed by atoms with E-state index in [4.69, 9.17) is 5.11 Å². The molecule has 6 heteroatoms. The molecule has 1 saturated carbocycles. The van der Waals surface area contributed by atoms with E-state index >= 15 is 0 Å². The van der Waals surface area contributed by atoms with Gasteiger partial charge in [0.15, 0.2) is 0 Å². The Morgan fingerprint density at radius 2 is 2.11 bits per heavy atom. The number of carbonyl (C=O) groups is 2. The molecule has 6 nitrogen and oxygen atoms in total. The van der Waals surface area contributed by atoms with Gasteiger partial charge in [-0.05, 0) is 32.6 Å². The molecular formula is C13H19N3O3. The van der Waals surface area contributed by atoms with Crippen LogP contribution < -0.4 is 5.32 Å². The second kappa shape index (κ2) is 5.42. The number of rotatable bonds is 6. The number of nitrogens with one attached hydrogen (secondary N) is 1. The Balaban J connectivity index is 1.99. The minimum absolute atomic E-state index is 0.0542. The van der Waals surface area contributed by atoms with Crippen molar-refractivity contribution >= 4 is 11.9 Å². The summed E-state index contributed by atoms with van der Waals surface area (Å²) in [5.41, 5.74) is 2.12. The largest absolute Gasteiger partial charge is 0.481 e. The van der Waals surface area contributed by atoms with E-state index in [-0.39, 0.29) is 18.9 Å². The molecule has 1 aliphatic carbocycles. The summed E-state index contributed by atoms with van der Waals surface area (Å²) in [5, 5.41) is 16.0. The Morgan fingerprint density at radius 3 is 2.68 bits per heavy atom. The maximum Gasteiger partial charge on any atom is 0.307 e. The standard InChI is InChI=1S/C13H19N3O3/c1-8-11(5-13(18)19)9(2)16(15-8)7-12(17)14-6-10-3-4-10/h10H,3-7H2,1-2H3,(H,14,17)(H,18,19). The van der Waals surface area contributed by atoms with Crippen molar-refractivity contribution in [1.82, 2.24) is 15.1 Å². The van der Waals surface area contributed by atoms with Crippen LogP contribution in [0.25, 0.3) is 0 Å². The highest BCUT2D eigenvalue weighted by molar-refractivity contribution is 5.76. The molecule has 0 unspecified atom stereocenters. The minimum atomic E-state index is -0.885. The normalized spacial score (nSPS) is 14.4. The molecule has 0 spiro atoms. The summed E-state index contributed by atoms with van der Waals surface area (Å²) in [6.07, 6.45) is 2.34. The lowest BCUT2D eigenvalue weighted by Gasteiger charge is -2.06. The summed E-state index contributed by atoms with van der Waals surface area (Å²) < 4.78 is 1.58. The molecule has 2 N–H and O–H groups in total. The first-order chi connectivity index (χ1) is 8.97. The Bertz CT molecular complexity index is 503. The molecule has 0 bridgehead atoms. The highest BCUT2D eigenvalue weighted by atomic mass is 16.4. The van der Waals surface area contributed by atoms with Gasteiger partial charge in [-0.25, -0.2) is 0 Å². The van der Waals surface area contributed by atoms with Gasteiger partial charge in [-0.2, -0.15) is 5.10 Å². The molecule has 0 aromatic carbocycles. The zero-order valence-electron chi connectivity index (χ0n) is 11.3. The van der Waals surface area contributed by atoms with Crippen molar-refractivity contribution in [3.05, 3.63) is 17.0 Å². The first kappa shape index (κ1) is 13.6. The quantitative estimate of drug-likeness (QED) is 0.791. The van der Waals surface area contributed by atoms with Gasteiger partial charge in [-0.15, -0.1) is 0 Å². The molecule has 1 heterocycles. The van der Waals surface area contributed by atoms with Crippen molar-refractivity contribution in [3.8, 4) is 0 Å². The van der Waals surface area contributed by atoms with Crippen molar-refractivity contribution in [3.63, 3.8) is 0 Å². The summed E-state index contributed by atoms with van der Waals surface area (Å²) in [4.78, 5) is 22.5. The van der Waals surface area contributed by atoms with Crippen molar-refractivity contribution in [2.24, 2.45) is 5.92 Å². The second-order valence-corrected chi connectivity index (χ2v) is 5.12. The fraction of sp³-hybridized carbons (Fsp3) is 0.615. The number of carboxylic acid groups (broad SMARTS) is 1. The predicted molar refractivity (Wildman–Crippen MR) is 68.8 cm³/mol. The van der Waals surface area contributed by atoms with Gasteiger partial charge < -0.3 is 10.4 Å². The number of carbonyl (C=O) groups excluding carboxylic acids is 1. The number of hydrogen-bond donors (Lipinski definition) is 2. The van der Waals surface area contributed by atoms with E-state index in [0.29, 0.717) is 17.2 Å². The van der Waals surface area contributed by atoms with Gasteiger partial charge >= 0.3 is 5.97 Å². The van der Waals surface area contributed by atoms with E-state index in [1.54, 1.807) is 18.5 Å². The zero-order valence-corrected chi connectivity index (χ0v) is 11.3. The van der Waals surface area contributed by atoms with Gasteiger partial charge in [0, 0.05) is 17.8 Å². The van der Waals surface area contributed by atoms with E-state index in [1.807, 2.05) is 0 Å². The topological polar surface area (TPSA) is 84.2 Å². The molecule has 1 aromatic heterocycles. The van der Waals surface area contributed by atoms with Gasteiger partial charge in [0.1, 0.15) is 6.54 Å². The van der Waals surface area contributed by atoms with Crippen LogP contribution >= 0.6 is 0 Å². The molecule has 2 rings (SSSR count). The third-order valence-corrected chi connectivity index (χ3v) is 3.44. The van der Waals surface area contributed by atoms with E-state index < -0.39 is 5.97 Å². The van der Waals surface area contributed by atoms with Gasteiger partial charge in [0.2, 0.25) is 5.91 Å². The van der Waals surface area contributed by atoms with Gasteiger partial charge in [0.05, 0.1) is 12.1 Å². The molecule has 104 valence electrons. The van der Waals surface area contributed by atoms with Crippen LogP contribution in [0.1, 0.15) is 29.8 Å². The monoisotopic (exact) mass is 265 g/mol. The third-order valence-electron chi connectivity index (χ3n) is 3.44. The lowest BCUT2D eigenvalue weighted by Crippen LogP contribution is -2.30. The van der Waals surface area contributed by atoms with Crippen LogP contribution in [0.15, 0.2) is 0 Å². The van der Waals surface area contributed by atoms with Crippen LogP contribution in [0, 0.1) is 19.8 Å². The number of carboxylic acids is 1. The summed E-state index contributed by atoms with van der Waals surface area (Å²) in [5.74, 6) is -0.310. The second-order valence-electron chi connectivity index (χ2n) is 5.12. The van der Waals surface area contributed by atoms with Crippen LogP contribution in [0.5, 0.6) is 0 Å². The SMILES string of the molecule is Cc1nn(CC(=O)NCC2CC2)c(C)c1CC(=O)O. The van der Waals surface area contributed by atoms with E-state index in [2.05, 4.69) is 10.4 Å². The molecule has 0 radical (unpaired) electrons. The molecule has 1 fully saturated rings. The lowest BCUT2D eigenvalue weighted by atomic mass is 10.1. The lowest BCUT2D eigenvalue weighted by molar-refractivity contribution is -0.136. The summed E-state index contributed by atoms with van der Waals surface area (Å²) in [7, 11) is 0. The molecular weight excluding hydrogens is 246 g/mol. The number of hydrogen-bond acceptors (Lipinski definition) is 3. The summed E-state index contributed by atoms with van der Waals surface area (Å²) >= 11 is 0. The minimum Gasteiger partial charge on any atom is -0.481 e. The van der Waals surface area contributed by atoms with E-state index in [1.165, 1.54) is 12.8 Å². The van der Waals surface area contributed by atoms with Crippen LogP contribution in [0.2, 0.25) is 0 Å². The number of amides is 1. The van der Waals surface area contributed by atoms with Gasteiger partial charge in [-0.3, -0.25) is 14.3 Å². The van der Waals surface area contributed by atoms with Crippen LogP contribution in [0.3, 0.4) is 0 Å². The fourth-order valence-electron chi connectivity index (χ4n) is 2.07. The van der Waals surface area contributed by atoms with Crippen LogP contribution in [0.4, 0.5) is 0 Å². The van der Waals surface area contributed by atoms with Crippen molar-refractivity contribution in [2.75, 3.05) is 6.54 Å². The maximum absolute atomic E-state index is 11.8. The van der Waals surface area contributed by atoms with Gasteiger partial charge in [0.25, 0.3) is 0 Å². The number of aromatic nitrogens is 2. The Hall–Kier alpha value is -1.85. The molecule has 0 saturated heterocycles. The molecule has 1 aliphatic rings. The Kier molecular flexibility index (Phi) is 3.87. The molecule has 1 aromatic rings. The van der Waals surface area contributed by atoms with Gasteiger partial charge in [-0.1, -0.05) is 0 Å². The molecule has 1 amide bonds. The molecule has 0 aliphatic heterocycles. The average molecular weight is 265 g/mol. The predicted octanol–water partition coefficient (Wildman–Crippen LogP) is 0.653. The average Bonchev–Trinajstić information content (AvgIpc) is 3.11. The van der Waals surface area contributed by atoms with E-state index in [0.717, 1.165) is 12.2 Å². The Labute approximate surface area is 111 Å². The van der Waals surface area contributed by atoms with Crippen LogP contribution in [-0.4, -0.2) is 33.3 Å². The smallest absolute Gasteiger partial charge is 0.307 e.